The van der Waals surface area contributed by atoms with Gasteiger partial charge in [-0.3, -0.25) is 4.79 Å². The van der Waals surface area contributed by atoms with Crippen molar-refractivity contribution in [1.29, 1.82) is 0 Å². The van der Waals surface area contributed by atoms with Crippen LogP contribution in [0.1, 0.15) is 10.4 Å². The highest BCUT2D eigenvalue weighted by atomic mass is 35.5. The maximum Gasteiger partial charge on any atom is 0.256 e. The first-order chi connectivity index (χ1) is 14.1. The first-order valence-corrected chi connectivity index (χ1v) is 9.08. The summed E-state index contributed by atoms with van der Waals surface area (Å²) in [5.74, 6) is 1.77. The van der Waals surface area contributed by atoms with Crippen molar-refractivity contribution in [2.45, 2.75) is 0 Å². The van der Waals surface area contributed by atoms with E-state index in [9.17, 15) is 4.79 Å². The minimum Gasteiger partial charge on any atom is -0.493 e. The fraction of sp³-hybridized carbons (Fsp3) is 0.136. The monoisotopic (exact) mass is 413 g/mol. The average molecular weight is 414 g/mol. The number of ether oxygens (including phenoxy) is 4. The van der Waals surface area contributed by atoms with E-state index in [-0.39, 0.29) is 5.91 Å². The van der Waals surface area contributed by atoms with Crippen molar-refractivity contribution in [2.75, 3.05) is 26.6 Å². The third-order valence-electron chi connectivity index (χ3n) is 4.12. The molecular formula is C22H20ClNO5. The van der Waals surface area contributed by atoms with Gasteiger partial charge in [-0.1, -0.05) is 35.9 Å². The zero-order chi connectivity index (χ0) is 20.8. The molecule has 0 fully saturated rings. The second-order valence-electron chi connectivity index (χ2n) is 5.90. The van der Waals surface area contributed by atoms with Gasteiger partial charge in [0.05, 0.1) is 32.0 Å². The quantitative estimate of drug-likeness (QED) is 0.561. The Morgan fingerprint density at radius 3 is 1.97 bits per heavy atom. The third-order valence-corrected chi connectivity index (χ3v) is 4.43. The molecule has 29 heavy (non-hydrogen) atoms. The number of rotatable bonds is 7. The number of benzene rings is 3. The van der Waals surface area contributed by atoms with Gasteiger partial charge in [0.15, 0.2) is 17.2 Å². The molecule has 0 heterocycles. The highest BCUT2D eigenvalue weighted by Crippen LogP contribution is 2.39. The summed E-state index contributed by atoms with van der Waals surface area (Å²) in [6.45, 7) is 0. The molecule has 0 unspecified atom stereocenters. The molecule has 150 valence electrons. The fourth-order valence-corrected chi connectivity index (χ4v) is 2.89. The van der Waals surface area contributed by atoms with Crippen LogP contribution in [0.5, 0.6) is 28.7 Å². The van der Waals surface area contributed by atoms with Crippen LogP contribution in [0.15, 0.2) is 60.7 Å². The zero-order valence-electron chi connectivity index (χ0n) is 16.2. The van der Waals surface area contributed by atoms with Crippen LogP contribution in [-0.4, -0.2) is 27.2 Å². The molecule has 0 atom stereocenters. The maximum absolute atomic E-state index is 12.9. The number of para-hydroxylation sites is 3. The summed E-state index contributed by atoms with van der Waals surface area (Å²) in [5.41, 5.74) is 0.832. The number of nitrogens with one attached hydrogen (secondary N) is 1. The van der Waals surface area contributed by atoms with Gasteiger partial charge < -0.3 is 24.3 Å². The topological polar surface area (TPSA) is 66.0 Å². The Bertz CT molecular complexity index is 997. The molecule has 6 nitrogen and oxygen atoms in total. The van der Waals surface area contributed by atoms with Gasteiger partial charge in [0.1, 0.15) is 5.75 Å². The van der Waals surface area contributed by atoms with E-state index in [4.69, 9.17) is 30.5 Å². The summed E-state index contributed by atoms with van der Waals surface area (Å²) in [5, 5.41) is 3.32. The number of amides is 1. The lowest BCUT2D eigenvalue weighted by Crippen LogP contribution is -2.13. The van der Waals surface area contributed by atoms with E-state index in [1.807, 2.05) is 12.1 Å². The molecule has 3 aromatic carbocycles. The number of carbonyl (C=O) groups excluding carboxylic acids is 1. The van der Waals surface area contributed by atoms with E-state index in [0.29, 0.717) is 45.0 Å². The Balaban J connectivity index is 1.89. The van der Waals surface area contributed by atoms with Crippen LogP contribution in [0, 0.1) is 0 Å². The number of hydrogen-bond donors (Lipinski definition) is 1. The SMILES string of the molecule is COc1cc(C(=O)Nc2ccccc2Oc2ccccc2Cl)cc(OC)c1OC. The number of halogens is 1. The molecule has 3 rings (SSSR count). The van der Waals surface area contributed by atoms with E-state index >= 15 is 0 Å². The lowest BCUT2D eigenvalue weighted by Gasteiger charge is -2.15. The van der Waals surface area contributed by atoms with Crippen LogP contribution >= 0.6 is 11.6 Å². The van der Waals surface area contributed by atoms with Crippen LogP contribution in [0.2, 0.25) is 5.02 Å². The first-order valence-electron chi connectivity index (χ1n) is 8.70. The molecule has 0 aromatic heterocycles. The number of carbonyl (C=O) groups is 1. The largest absolute Gasteiger partial charge is 0.493 e. The minimum atomic E-state index is -0.362. The lowest BCUT2D eigenvalue weighted by atomic mass is 10.1. The van der Waals surface area contributed by atoms with Gasteiger partial charge in [-0.15, -0.1) is 0 Å². The van der Waals surface area contributed by atoms with Crippen LogP contribution in [0.25, 0.3) is 0 Å². The van der Waals surface area contributed by atoms with Crippen molar-refractivity contribution in [2.24, 2.45) is 0 Å². The summed E-state index contributed by atoms with van der Waals surface area (Å²) < 4.78 is 21.8. The van der Waals surface area contributed by atoms with Gasteiger partial charge >= 0.3 is 0 Å². The number of anilines is 1. The van der Waals surface area contributed by atoms with Gasteiger partial charge in [0.25, 0.3) is 5.91 Å². The highest BCUT2D eigenvalue weighted by Gasteiger charge is 2.18. The zero-order valence-corrected chi connectivity index (χ0v) is 16.9. The fourth-order valence-electron chi connectivity index (χ4n) is 2.71. The molecule has 0 spiro atoms. The number of methoxy groups -OCH3 is 3. The molecular weight excluding hydrogens is 394 g/mol. The smallest absolute Gasteiger partial charge is 0.256 e. The Morgan fingerprint density at radius 1 is 0.793 bits per heavy atom. The molecule has 7 heteroatoms. The van der Waals surface area contributed by atoms with Crippen molar-refractivity contribution in [3.05, 3.63) is 71.2 Å². The van der Waals surface area contributed by atoms with E-state index < -0.39 is 0 Å². The Labute approximate surface area is 173 Å². The van der Waals surface area contributed by atoms with Crippen LogP contribution in [0.3, 0.4) is 0 Å². The van der Waals surface area contributed by atoms with Gasteiger partial charge in [-0.05, 0) is 36.4 Å². The number of hydrogen-bond acceptors (Lipinski definition) is 5. The van der Waals surface area contributed by atoms with Gasteiger partial charge in [-0.2, -0.15) is 0 Å². The summed E-state index contributed by atoms with van der Waals surface area (Å²) in [6, 6.07) is 17.4. The Morgan fingerprint density at radius 2 is 1.38 bits per heavy atom. The van der Waals surface area contributed by atoms with E-state index in [0.717, 1.165) is 0 Å². The predicted molar refractivity (Wildman–Crippen MR) is 112 cm³/mol. The second-order valence-corrected chi connectivity index (χ2v) is 6.30. The molecule has 1 amide bonds. The van der Waals surface area contributed by atoms with Crippen LogP contribution in [0.4, 0.5) is 5.69 Å². The van der Waals surface area contributed by atoms with Crippen molar-refractivity contribution in [3.63, 3.8) is 0 Å². The summed E-state index contributed by atoms with van der Waals surface area (Å²) in [7, 11) is 4.49. The summed E-state index contributed by atoms with van der Waals surface area (Å²) in [6.07, 6.45) is 0. The van der Waals surface area contributed by atoms with Crippen molar-refractivity contribution in [3.8, 4) is 28.7 Å². The molecule has 3 aromatic rings. The average Bonchev–Trinajstić information content (AvgIpc) is 2.75. The van der Waals surface area contributed by atoms with Crippen molar-refractivity contribution >= 4 is 23.2 Å². The standard InChI is InChI=1S/C22H20ClNO5/c1-26-19-12-14(13-20(27-2)21(19)28-3)22(25)24-16-9-5-7-11-18(16)29-17-10-6-4-8-15(17)23/h4-13H,1-3H3,(H,24,25). The molecule has 0 aliphatic carbocycles. The molecule has 0 saturated carbocycles. The molecule has 0 radical (unpaired) electrons. The highest BCUT2D eigenvalue weighted by molar-refractivity contribution is 6.32. The molecule has 1 N–H and O–H groups in total. The first kappa shape index (κ1) is 20.4. The van der Waals surface area contributed by atoms with Crippen molar-refractivity contribution in [1.82, 2.24) is 0 Å². The minimum absolute atomic E-state index is 0.340. The molecule has 0 aliphatic heterocycles. The van der Waals surface area contributed by atoms with Gasteiger partial charge in [0.2, 0.25) is 5.75 Å². The summed E-state index contributed by atoms with van der Waals surface area (Å²) >= 11 is 6.17. The third kappa shape index (κ3) is 4.55. The molecule has 0 aliphatic rings. The van der Waals surface area contributed by atoms with Crippen LogP contribution in [-0.2, 0) is 0 Å². The van der Waals surface area contributed by atoms with Gasteiger partial charge in [0, 0.05) is 5.56 Å². The van der Waals surface area contributed by atoms with Crippen molar-refractivity contribution < 1.29 is 23.7 Å². The second kappa shape index (κ2) is 9.21. The predicted octanol–water partition coefficient (Wildman–Crippen LogP) is 5.41. The van der Waals surface area contributed by atoms with Crippen LogP contribution < -0.4 is 24.3 Å². The summed E-state index contributed by atoms with van der Waals surface area (Å²) in [4.78, 5) is 12.9. The van der Waals surface area contributed by atoms with E-state index in [1.165, 1.54) is 21.3 Å². The Kier molecular flexibility index (Phi) is 6.46. The normalized spacial score (nSPS) is 10.2. The van der Waals surface area contributed by atoms with Gasteiger partial charge in [-0.25, -0.2) is 0 Å². The van der Waals surface area contributed by atoms with E-state index in [2.05, 4.69) is 5.32 Å². The molecule has 0 saturated heterocycles. The van der Waals surface area contributed by atoms with E-state index in [1.54, 1.807) is 48.5 Å². The maximum atomic E-state index is 12.9. The lowest BCUT2D eigenvalue weighted by molar-refractivity contribution is 0.102. The molecule has 0 bridgehead atoms. The Hall–Kier alpha value is -3.38.